The average Bonchev–Trinajstić information content (AvgIpc) is 2.38. The number of hydrogen-bond donors (Lipinski definition) is 3. The Bertz CT molecular complexity index is 614. The second-order valence-corrected chi connectivity index (χ2v) is 3.93. The van der Waals surface area contributed by atoms with Gasteiger partial charge in [0.2, 0.25) is 0 Å². The zero-order valence-corrected chi connectivity index (χ0v) is 10.1. The normalized spacial score (nSPS) is 10.2. The Morgan fingerprint density at radius 1 is 1.26 bits per heavy atom. The molecular weight excluding hydrogens is 247 g/mol. The lowest BCUT2D eigenvalue weighted by molar-refractivity contribution is 0.281. The standard InChI is InChI=1S/C14H13FN2O2/c15-11-5-2-6-12(13(11)14(16)17)19-10-4-1-3-9(7-10)8-18/h1-7,18H,8H2,(H3,16,17). The van der Waals surface area contributed by atoms with Crippen molar-refractivity contribution in [3.8, 4) is 11.5 Å². The zero-order valence-electron chi connectivity index (χ0n) is 10.1. The summed E-state index contributed by atoms with van der Waals surface area (Å²) in [5, 5.41) is 16.4. The van der Waals surface area contributed by atoms with Crippen LogP contribution in [-0.4, -0.2) is 10.9 Å². The van der Waals surface area contributed by atoms with E-state index in [1.807, 2.05) is 0 Å². The van der Waals surface area contributed by atoms with Crippen LogP contribution in [0.3, 0.4) is 0 Å². The van der Waals surface area contributed by atoms with Crippen LogP contribution in [0.2, 0.25) is 0 Å². The minimum Gasteiger partial charge on any atom is -0.456 e. The summed E-state index contributed by atoms with van der Waals surface area (Å²) < 4.78 is 19.1. The zero-order chi connectivity index (χ0) is 13.8. The van der Waals surface area contributed by atoms with E-state index in [9.17, 15) is 4.39 Å². The average molecular weight is 260 g/mol. The molecule has 0 spiro atoms. The number of amidine groups is 1. The molecule has 2 aromatic carbocycles. The van der Waals surface area contributed by atoms with E-state index in [0.717, 1.165) is 0 Å². The van der Waals surface area contributed by atoms with E-state index in [1.54, 1.807) is 24.3 Å². The summed E-state index contributed by atoms with van der Waals surface area (Å²) in [5.41, 5.74) is 5.96. The molecule has 98 valence electrons. The van der Waals surface area contributed by atoms with E-state index in [0.29, 0.717) is 11.3 Å². The number of aliphatic hydroxyl groups is 1. The fourth-order valence-electron chi connectivity index (χ4n) is 1.69. The van der Waals surface area contributed by atoms with E-state index in [4.69, 9.17) is 21.0 Å². The Balaban J connectivity index is 2.38. The molecule has 0 radical (unpaired) electrons. The van der Waals surface area contributed by atoms with Crippen molar-refractivity contribution in [1.82, 2.24) is 0 Å². The fraction of sp³-hybridized carbons (Fsp3) is 0.0714. The summed E-state index contributed by atoms with van der Waals surface area (Å²) in [6.07, 6.45) is 0. The third-order valence-electron chi connectivity index (χ3n) is 2.55. The van der Waals surface area contributed by atoms with Crippen molar-refractivity contribution in [2.24, 2.45) is 5.73 Å². The van der Waals surface area contributed by atoms with Crippen LogP contribution >= 0.6 is 0 Å². The highest BCUT2D eigenvalue weighted by atomic mass is 19.1. The lowest BCUT2D eigenvalue weighted by atomic mass is 10.1. The molecule has 0 saturated carbocycles. The Hall–Kier alpha value is -2.40. The molecule has 0 amide bonds. The maximum Gasteiger partial charge on any atom is 0.141 e. The smallest absolute Gasteiger partial charge is 0.141 e. The number of aliphatic hydroxyl groups excluding tert-OH is 1. The number of ether oxygens (including phenoxy) is 1. The molecule has 4 nitrogen and oxygen atoms in total. The number of hydrogen-bond acceptors (Lipinski definition) is 3. The van der Waals surface area contributed by atoms with Gasteiger partial charge in [0, 0.05) is 0 Å². The van der Waals surface area contributed by atoms with Gasteiger partial charge >= 0.3 is 0 Å². The van der Waals surface area contributed by atoms with Crippen LogP contribution in [0, 0.1) is 11.2 Å². The van der Waals surface area contributed by atoms with Crippen LogP contribution in [0.15, 0.2) is 42.5 Å². The molecule has 2 rings (SSSR count). The molecule has 0 aromatic heterocycles. The van der Waals surface area contributed by atoms with Crippen molar-refractivity contribution in [3.05, 3.63) is 59.4 Å². The largest absolute Gasteiger partial charge is 0.456 e. The molecule has 0 aliphatic rings. The molecule has 0 heterocycles. The lowest BCUT2D eigenvalue weighted by Gasteiger charge is -2.11. The van der Waals surface area contributed by atoms with Crippen LogP contribution in [0.4, 0.5) is 4.39 Å². The van der Waals surface area contributed by atoms with Crippen LogP contribution in [0.5, 0.6) is 11.5 Å². The maximum absolute atomic E-state index is 13.6. The maximum atomic E-state index is 13.6. The van der Waals surface area contributed by atoms with E-state index < -0.39 is 11.7 Å². The summed E-state index contributed by atoms with van der Waals surface area (Å²) >= 11 is 0. The van der Waals surface area contributed by atoms with Gasteiger partial charge in [-0.25, -0.2) is 4.39 Å². The van der Waals surface area contributed by atoms with E-state index in [2.05, 4.69) is 0 Å². The Morgan fingerprint density at radius 3 is 2.68 bits per heavy atom. The first-order valence-electron chi connectivity index (χ1n) is 5.62. The second kappa shape index (κ2) is 5.49. The van der Waals surface area contributed by atoms with Gasteiger partial charge < -0.3 is 15.6 Å². The molecule has 0 fully saturated rings. The first-order chi connectivity index (χ1) is 9.11. The second-order valence-electron chi connectivity index (χ2n) is 3.93. The molecule has 0 atom stereocenters. The molecule has 0 aliphatic carbocycles. The fourth-order valence-corrected chi connectivity index (χ4v) is 1.69. The SMILES string of the molecule is N=C(N)c1c(F)cccc1Oc1cccc(CO)c1. The number of rotatable bonds is 4. The molecule has 19 heavy (non-hydrogen) atoms. The van der Waals surface area contributed by atoms with Crippen LogP contribution in [0.1, 0.15) is 11.1 Å². The van der Waals surface area contributed by atoms with Crippen LogP contribution in [0.25, 0.3) is 0 Å². The number of halogens is 1. The van der Waals surface area contributed by atoms with E-state index in [1.165, 1.54) is 18.2 Å². The van der Waals surface area contributed by atoms with Gasteiger partial charge in [0.1, 0.15) is 23.2 Å². The third kappa shape index (κ3) is 2.89. The quantitative estimate of drug-likeness (QED) is 0.583. The van der Waals surface area contributed by atoms with Gasteiger partial charge in [-0.2, -0.15) is 0 Å². The molecule has 0 bridgehead atoms. The topological polar surface area (TPSA) is 79.3 Å². The molecule has 0 aliphatic heterocycles. The Labute approximate surface area is 109 Å². The van der Waals surface area contributed by atoms with Crippen molar-refractivity contribution < 1.29 is 14.2 Å². The Kier molecular flexibility index (Phi) is 3.77. The molecule has 0 saturated heterocycles. The predicted molar refractivity (Wildman–Crippen MR) is 69.9 cm³/mol. The minimum absolute atomic E-state index is 0.0723. The van der Waals surface area contributed by atoms with Crippen molar-refractivity contribution >= 4 is 5.84 Å². The highest BCUT2D eigenvalue weighted by Crippen LogP contribution is 2.27. The summed E-state index contributed by atoms with van der Waals surface area (Å²) in [6, 6.07) is 11.0. The van der Waals surface area contributed by atoms with Crippen molar-refractivity contribution in [1.29, 1.82) is 5.41 Å². The molecule has 5 heteroatoms. The summed E-state index contributed by atoms with van der Waals surface area (Å²) in [4.78, 5) is 0. The molecule has 0 unspecified atom stereocenters. The van der Waals surface area contributed by atoms with Crippen LogP contribution in [-0.2, 0) is 6.61 Å². The van der Waals surface area contributed by atoms with Crippen molar-refractivity contribution in [2.75, 3.05) is 0 Å². The lowest BCUT2D eigenvalue weighted by Crippen LogP contribution is -2.14. The third-order valence-corrected chi connectivity index (χ3v) is 2.55. The molecule has 4 N–H and O–H groups in total. The highest BCUT2D eigenvalue weighted by Gasteiger charge is 2.13. The summed E-state index contributed by atoms with van der Waals surface area (Å²) in [5.74, 6) is -0.392. The summed E-state index contributed by atoms with van der Waals surface area (Å²) in [7, 11) is 0. The number of nitrogens with one attached hydrogen (secondary N) is 1. The summed E-state index contributed by atoms with van der Waals surface area (Å²) in [6.45, 7) is -0.111. The van der Waals surface area contributed by atoms with Gasteiger partial charge in [-0.1, -0.05) is 18.2 Å². The van der Waals surface area contributed by atoms with Gasteiger partial charge in [0.25, 0.3) is 0 Å². The van der Waals surface area contributed by atoms with Crippen molar-refractivity contribution in [2.45, 2.75) is 6.61 Å². The number of benzene rings is 2. The van der Waals surface area contributed by atoms with Gasteiger partial charge in [0.05, 0.1) is 12.2 Å². The first kappa shape index (κ1) is 13.0. The highest BCUT2D eigenvalue weighted by molar-refractivity contribution is 5.98. The first-order valence-corrected chi connectivity index (χ1v) is 5.62. The Morgan fingerprint density at radius 2 is 2.00 bits per heavy atom. The van der Waals surface area contributed by atoms with Gasteiger partial charge in [-0.3, -0.25) is 5.41 Å². The molecule has 2 aromatic rings. The van der Waals surface area contributed by atoms with E-state index >= 15 is 0 Å². The number of nitrogen functional groups attached to an aromatic ring is 1. The van der Waals surface area contributed by atoms with Gasteiger partial charge in [0.15, 0.2) is 0 Å². The monoisotopic (exact) mass is 260 g/mol. The molecular formula is C14H13FN2O2. The number of nitrogens with two attached hydrogens (primary N) is 1. The van der Waals surface area contributed by atoms with Gasteiger partial charge in [-0.05, 0) is 29.8 Å². The van der Waals surface area contributed by atoms with E-state index in [-0.39, 0.29) is 17.9 Å². The van der Waals surface area contributed by atoms with Crippen molar-refractivity contribution in [3.63, 3.8) is 0 Å². The van der Waals surface area contributed by atoms with Gasteiger partial charge in [-0.15, -0.1) is 0 Å². The predicted octanol–water partition coefficient (Wildman–Crippen LogP) is 2.39. The van der Waals surface area contributed by atoms with Crippen LogP contribution < -0.4 is 10.5 Å². The minimum atomic E-state index is -0.608.